The van der Waals surface area contributed by atoms with Crippen LogP contribution in [0.2, 0.25) is 0 Å². The molecule has 3 saturated carbocycles. The van der Waals surface area contributed by atoms with E-state index in [4.69, 9.17) is 4.74 Å². The maximum atomic E-state index is 12.6. The highest BCUT2D eigenvalue weighted by atomic mass is 16.5. The number of Topliss-reactive ketones (excluding diaryl/α,β-unsaturated/α-hetero) is 1. The van der Waals surface area contributed by atoms with Crippen molar-refractivity contribution in [3.05, 3.63) is 11.6 Å². The number of carbonyl (C=O) groups excluding carboxylic acids is 3. The summed E-state index contributed by atoms with van der Waals surface area (Å²) in [5.74, 6) is -0.167. The number of aliphatic hydroxyl groups excluding tert-OH is 1. The zero-order valence-corrected chi connectivity index (χ0v) is 18.4. The zero-order valence-electron chi connectivity index (χ0n) is 18.4. The van der Waals surface area contributed by atoms with Crippen LogP contribution in [0.5, 0.6) is 0 Å². The number of esters is 1. The second kappa shape index (κ2) is 6.99. The number of hydrogen-bond acceptors (Lipinski definition) is 6. The molecule has 166 valence electrons. The van der Waals surface area contributed by atoms with Gasteiger partial charge in [0.25, 0.3) is 0 Å². The summed E-state index contributed by atoms with van der Waals surface area (Å²) in [5.41, 5.74) is -1.42. The molecule has 4 rings (SSSR count). The second-order valence-electron chi connectivity index (χ2n) is 10.7. The Bertz CT molecular complexity index is 817. The number of rotatable bonds is 3. The first-order chi connectivity index (χ1) is 14.0. The summed E-state index contributed by atoms with van der Waals surface area (Å²) in [5, 5.41) is 21.0. The van der Waals surface area contributed by atoms with Crippen LogP contribution >= 0.6 is 0 Å². The summed E-state index contributed by atoms with van der Waals surface area (Å²) >= 11 is 0. The molecular weight excluding hydrogens is 384 g/mol. The average molecular weight is 419 g/mol. The Balaban J connectivity index is 1.82. The number of allylic oxidation sites excluding steroid dienone is 1. The molecule has 0 unspecified atom stereocenters. The predicted molar refractivity (Wildman–Crippen MR) is 109 cm³/mol. The minimum Gasteiger partial charge on any atom is -0.462 e. The molecule has 0 heterocycles. The molecule has 6 nitrogen and oxygen atoms in total. The maximum Gasteiger partial charge on any atom is 0.302 e. The molecule has 0 spiro atoms. The third-order valence-corrected chi connectivity index (χ3v) is 9.27. The van der Waals surface area contributed by atoms with Gasteiger partial charge in [-0.3, -0.25) is 14.4 Å². The highest BCUT2D eigenvalue weighted by molar-refractivity contribution is 5.92. The molecule has 0 saturated heterocycles. The lowest BCUT2D eigenvalue weighted by molar-refractivity contribution is -0.197. The van der Waals surface area contributed by atoms with E-state index in [9.17, 15) is 24.6 Å². The molecule has 6 heteroatoms. The van der Waals surface area contributed by atoms with Gasteiger partial charge >= 0.3 is 5.97 Å². The van der Waals surface area contributed by atoms with Gasteiger partial charge in [-0.2, -0.15) is 0 Å². The van der Waals surface area contributed by atoms with E-state index in [-0.39, 0.29) is 40.8 Å². The van der Waals surface area contributed by atoms with Crippen molar-refractivity contribution in [3.8, 4) is 0 Å². The van der Waals surface area contributed by atoms with Gasteiger partial charge in [-0.05, 0) is 61.3 Å². The van der Waals surface area contributed by atoms with Crippen molar-refractivity contribution in [2.75, 3.05) is 6.61 Å². The van der Waals surface area contributed by atoms with Gasteiger partial charge in [0.2, 0.25) is 0 Å². The lowest BCUT2D eigenvalue weighted by Gasteiger charge is -2.62. The van der Waals surface area contributed by atoms with Crippen LogP contribution in [0.3, 0.4) is 0 Å². The van der Waals surface area contributed by atoms with E-state index in [1.165, 1.54) is 12.5 Å². The van der Waals surface area contributed by atoms with Crippen LogP contribution in [0, 0.1) is 34.5 Å². The fraction of sp³-hybridized carbons (Fsp3) is 0.792. The van der Waals surface area contributed by atoms with E-state index >= 15 is 0 Å². The van der Waals surface area contributed by atoms with Crippen molar-refractivity contribution in [3.63, 3.8) is 0 Å². The smallest absolute Gasteiger partial charge is 0.302 e. The van der Waals surface area contributed by atoms with Gasteiger partial charge in [0.05, 0.1) is 0 Å². The number of ketones is 2. The molecule has 3 fully saturated rings. The highest BCUT2D eigenvalue weighted by Crippen LogP contribution is 2.68. The number of ether oxygens (including phenoxy) is 1. The summed E-state index contributed by atoms with van der Waals surface area (Å²) < 4.78 is 5.88. The SMILES string of the molecule is CC(=O)O[C@@H]1C[C@@]2(C)[C@@H](CC[C@]2(O)C(=O)CO)[C@@H]2C[C@H](C)C3=CC(=O)CC[C@]3(C)[C@H]21. The number of fused-ring (bicyclic) bond motifs is 5. The molecule has 2 N–H and O–H groups in total. The van der Waals surface area contributed by atoms with E-state index in [0.717, 1.165) is 12.8 Å². The van der Waals surface area contributed by atoms with E-state index in [1.807, 2.05) is 13.0 Å². The molecule has 30 heavy (non-hydrogen) atoms. The first-order valence-corrected chi connectivity index (χ1v) is 11.3. The number of aliphatic hydroxyl groups is 2. The van der Waals surface area contributed by atoms with Crippen molar-refractivity contribution in [2.24, 2.45) is 34.5 Å². The summed E-state index contributed by atoms with van der Waals surface area (Å²) in [6.45, 7) is 7.02. The van der Waals surface area contributed by atoms with Gasteiger partial charge in [-0.1, -0.05) is 26.3 Å². The Labute approximate surface area is 178 Å². The molecular formula is C24H34O6. The third-order valence-electron chi connectivity index (χ3n) is 9.27. The van der Waals surface area contributed by atoms with Crippen LogP contribution in [0.4, 0.5) is 0 Å². The fourth-order valence-corrected chi connectivity index (χ4v) is 8.00. The van der Waals surface area contributed by atoms with Crippen LogP contribution in [0.1, 0.15) is 66.2 Å². The summed E-state index contributed by atoms with van der Waals surface area (Å²) in [7, 11) is 0. The van der Waals surface area contributed by atoms with Crippen molar-refractivity contribution < 1.29 is 29.3 Å². The van der Waals surface area contributed by atoms with Gasteiger partial charge in [0, 0.05) is 24.7 Å². The minimum absolute atomic E-state index is 0.0570. The lowest BCUT2D eigenvalue weighted by Crippen LogP contribution is -2.63. The summed E-state index contributed by atoms with van der Waals surface area (Å²) in [6.07, 6.45) is 4.92. The predicted octanol–water partition coefficient (Wildman–Crippen LogP) is 2.60. The zero-order chi connectivity index (χ0) is 22.1. The van der Waals surface area contributed by atoms with Gasteiger partial charge in [0.1, 0.15) is 18.3 Å². The topological polar surface area (TPSA) is 101 Å². The average Bonchev–Trinajstić information content (AvgIpc) is 2.94. The molecule has 0 aromatic carbocycles. The highest BCUT2D eigenvalue weighted by Gasteiger charge is 2.69. The molecule has 0 aromatic heterocycles. The molecule has 4 aliphatic carbocycles. The van der Waals surface area contributed by atoms with Crippen LogP contribution in [-0.2, 0) is 19.1 Å². The molecule has 0 aliphatic heterocycles. The minimum atomic E-state index is -1.60. The van der Waals surface area contributed by atoms with Crippen LogP contribution in [-0.4, -0.2) is 46.1 Å². The Hall–Kier alpha value is -1.53. The van der Waals surface area contributed by atoms with E-state index < -0.39 is 29.5 Å². The second-order valence-corrected chi connectivity index (χ2v) is 10.7. The normalized spacial score (nSPS) is 47.6. The first-order valence-electron chi connectivity index (χ1n) is 11.3. The molecule has 4 aliphatic rings. The third kappa shape index (κ3) is 2.79. The van der Waals surface area contributed by atoms with Crippen molar-refractivity contribution in [1.82, 2.24) is 0 Å². The molecule has 0 radical (unpaired) electrons. The standard InChI is InChI=1S/C24H34O6/c1-13-9-16-17-6-8-24(29,20(28)12-25)23(17,4)11-19(30-14(2)26)21(16)22(3)7-5-15(27)10-18(13)22/h10,13,16-17,19,21,25,29H,5-9,11-12H2,1-4H3/t13-,16-,17-,19+,21+,22-,23-,24-/m0/s1. The monoisotopic (exact) mass is 418 g/mol. The van der Waals surface area contributed by atoms with Crippen LogP contribution in [0.15, 0.2) is 11.6 Å². The van der Waals surface area contributed by atoms with Crippen LogP contribution < -0.4 is 0 Å². The van der Waals surface area contributed by atoms with E-state index in [0.29, 0.717) is 25.7 Å². The molecule has 8 atom stereocenters. The van der Waals surface area contributed by atoms with Gasteiger partial charge in [0.15, 0.2) is 11.6 Å². The van der Waals surface area contributed by atoms with E-state index in [2.05, 4.69) is 13.8 Å². The Morgan fingerprint density at radius 1 is 1.27 bits per heavy atom. The Morgan fingerprint density at radius 2 is 1.97 bits per heavy atom. The maximum absolute atomic E-state index is 12.6. The van der Waals surface area contributed by atoms with Gasteiger partial charge in [-0.15, -0.1) is 0 Å². The van der Waals surface area contributed by atoms with Crippen LogP contribution in [0.25, 0.3) is 0 Å². The Morgan fingerprint density at radius 3 is 2.60 bits per heavy atom. The van der Waals surface area contributed by atoms with E-state index in [1.54, 1.807) is 0 Å². The molecule has 0 bridgehead atoms. The Kier molecular flexibility index (Phi) is 5.06. The number of carbonyl (C=O) groups is 3. The number of hydrogen-bond donors (Lipinski definition) is 2. The van der Waals surface area contributed by atoms with Gasteiger partial charge in [-0.25, -0.2) is 0 Å². The molecule has 0 amide bonds. The van der Waals surface area contributed by atoms with Crippen molar-refractivity contribution in [2.45, 2.75) is 77.9 Å². The largest absolute Gasteiger partial charge is 0.462 e. The first kappa shape index (κ1) is 21.7. The quantitative estimate of drug-likeness (QED) is 0.683. The lowest BCUT2D eigenvalue weighted by atomic mass is 9.44. The van der Waals surface area contributed by atoms with Crippen molar-refractivity contribution in [1.29, 1.82) is 0 Å². The fourth-order valence-electron chi connectivity index (χ4n) is 8.00. The summed E-state index contributed by atoms with van der Waals surface area (Å²) in [6, 6.07) is 0. The summed E-state index contributed by atoms with van der Waals surface area (Å²) in [4.78, 5) is 36.9. The van der Waals surface area contributed by atoms with Gasteiger partial charge < -0.3 is 14.9 Å². The van der Waals surface area contributed by atoms with Crippen molar-refractivity contribution >= 4 is 17.5 Å². The molecule has 0 aromatic rings.